The molecule has 6 nitrogen and oxygen atoms in total. The minimum Gasteiger partial charge on any atom is -0.495 e. The molecule has 0 spiro atoms. The van der Waals surface area contributed by atoms with E-state index in [2.05, 4.69) is 0 Å². The molecular formula is C33H33F6N3O3. The van der Waals surface area contributed by atoms with Crippen LogP contribution in [0.3, 0.4) is 0 Å². The molecule has 240 valence electrons. The lowest BCUT2D eigenvalue weighted by Crippen LogP contribution is -2.39. The number of ether oxygens (including phenoxy) is 1. The van der Waals surface area contributed by atoms with Crippen LogP contribution in [-0.2, 0) is 12.4 Å². The molecule has 0 N–H and O–H groups in total. The molecule has 1 amide bonds. The molecule has 3 aromatic carbocycles. The van der Waals surface area contributed by atoms with Crippen molar-refractivity contribution in [3.05, 3.63) is 99.6 Å². The zero-order chi connectivity index (χ0) is 32.9. The number of benzene rings is 3. The second kappa shape index (κ2) is 13.7. The monoisotopic (exact) mass is 633 g/mol. The molecule has 1 aromatic heterocycles. The fourth-order valence-corrected chi connectivity index (χ4v) is 5.32. The minimum absolute atomic E-state index is 0.00353. The number of alkyl halides is 6. The Kier molecular flexibility index (Phi) is 10.2. The fourth-order valence-electron chi connectivity index (χ4n) is 5.32. The number of aromatic nitrogens is 2. The van der Waals surface area contributed by atoms with Crippen LogP contribution in [0.25, 0.3) is 16.6 Å². The van der Waals surface area contributed by atoms with E-state index >= 15 is 0 Å². The number of methoxy groups -OCH3 is 1. The number of carbonyl (C=O) groups is 1. The number of carbonyl (C=O) groups excluding carboxylic acids is 1. The third-order valence-electron chi connectivity index (χ3n) is 7.54. The van der Waals surface area contributed by atoms with Crippen molar-refractivity contribution in [3.8, 4) is 11.4 Å². The van der Waals surface area contributed by atoms with Gasteiger partial charge in [-0.3, -0.25) is 14.2 Å². The number of halogens is 6. The van der Waals surface area contributed by atoms with Gasteiger partial charge in [-0.25, -0.2) is 4.98 Å². The van der Waals surface area contributed by atoms with Crippen molar-refractivity contribution in [2.45, 2.75) is 64.3 Å². The summed E-state index contributed by atoms with van der Waals surface area (Å²) in [6.07, 6.45) is -7.36. The number of hydrogen-bond donors (Lipinski definition) is 0. The van der Waals surface area contributed by atoms with Gasteiger partial charge in [-0.05, 0) is 55.3 Å². The van der Waals surface area contributed by atoms with Crippen LogP contribution in [0.5, 0.6) is 5.75 Å². The molecule has 4 rings (SSSR count). The molecule has 1 heterocycles. The molecule has 0 aliphatic heterocycles. The van der Waals surface area contributed by atoms with Crippen LogP contribution in [0.1, 0.15) is 79.3 Å². The van der Waals surface area contributed by atoms with Crippen LogP contribution in [-0.4, -0.2) is 34.0 Å². The van der Waals surface area contributed by atoms with E-state index in [9.17, 15) is 35.9 Å². The predicted molar refractivity (Wildman–Crippen MR) is 159 cm³/mol. The van der Waals surface area contributed by atoms with Crippen molar-refractivity contribution in [1.29, 1.82) is 0 Å². The summed E-state index contributed by atoms with van der Waals surface area (Å²) in [4.78, 5) is 34.1. The normalized spacial score (nSPS) is 12.7. The summed E-state index contributed by atoms with van der Waals surface area (Å²) < 4.78 is 89.2. The van der Waals surface area contributed by atoms with Crippen molar-refractivity contribution in [3.63, 3.8) is 0 Å². The molecule has 0 saturated carbocycles. The minimum atomic E-state index is -5.13. The van der Waals surface area contributed by atoms with Crippen LogP contribution in [0.15, 0.2) is 71.5 Å². The number of nitrogens with zero attached hydrogens (tertiary/aromatic N) is 3. The lowest BCUT2D eigenvalue weighted by Gasteiger charge is -2.33. The van der Waals surface area contributed by atoms with Crippen molar-refractivity contribution in [2.75, 3.05) is 13.7 Å². The summed E-state index contributed by atoms with van der Waals surface area (Å²) in [5.74, 6) is -0.622. The van der Waals surface area contributed by atoms with Gasteiger partial charge in [-0.1, -0.05) is 57.4 Å². The molecule has 4 aromatic rings. The molecule has 0 fully saturated rings. The highest BCUT2D eigenvalue weighted by Crippen LogP contribution is 2.38. The van der Waals surface area contributed by atoms with E-state index in [1.165, 1.54) is 16.6 Å². The second-order valence-corrected chi connectivity index (χ2v) is 10.6. The van der Waals surface area contributed by atoms with Crippen LogP contribution >= 0.6 is 0 Å². The van der Waals surface area contributed by atoms with Gasteiger partial charge in [-0.15, -0.1) is 0 Å². The quantitative estimate of drug-likeness (QED) is 0.123. The Morgan fingerprint density at radius 1 is 0.889 bits per heavy atom. The van der Waals surface area contributed by atoms with Gasteiger partial charge in [0.2, 0.25) is 0 Å². The number of amides is 1. The number of hydrogen-bond acceptors (Lipinski definition) is 4. The fraction of sp³-hybridized carbons (Fsp3) is 0.364. The Hall–Kier alpha value is -4.35. The first kappa shape index (κ1) is 33.5. The summed E-state index contributed by atoms with van der Waals surface area (Å²) in [5, 5.41) is 0.274. The Bertz CT molecular complexity index is 1680. The maximum atomic E-state index is 14.1. The van der Waals surface area contributed by atoms with Gasteiger partial charge in [0.15, 0.2) is 0 Å². The smallest absolute Gasteiger partial charge is 0.416 e. The van der Waals surface area contributed by atoms with Gasteiger partial charge in [0.1, 0.15) is 11.6 Å². The van der Waals surface area contributed by atoms with E-state index in [1.807, 2.05) is 6.92 Å². The van der Waals surface area contributed by atoms with E-state index in [0.29, 0.717) is 41.9 Å². The van der Waals surface area contributed by atoms with Gasteiger partial charge >= 0.3 is 12.4 Å². The molecule has 1 unspecified atom stereocenters. The molecule has 45 heavy (non-hydrogen) atoms. The van der Waals surface area contributed by atoms with Crippen molar-refractivity contribution in [1.82, 2.24) is 14.5 Å². The van der Waals surface area contributed by atoms with E-state index in [-0.39, 0.29) is 30.2 Å². The Morgan fingerprint density at radius 2 is 1.51 bits per heavy atom. The lowest BCUT2D eigenvalue weighted by atomic mass is 10.0. The van der Waals surface area contributed by atoms with Crippen molar-refractivity contribution >= 4 is 16.8 Å². The molecule has 1 atom stereocenters. The first-order chi connectivity index (χ1) is 21.3. The molecule has 0 radical (unpaired) electrons. The Balaban J connectivity index is 1.98. The highest BCUT2D eigenvalue weighted by molar-refractivity contribution is 5.95. The molecule has 12 heteroatoms. The van der Waals surface area contributed by atoms with Gasteiger partial charge in [0, 0.05) is 12.1 Å². The molecule has 0 aliphatic carbocycles. The summed E-state index contributed by atoms with van der Waals surface area (Å²) in [5.41, 5.74) is -3.79. The maximum Gasteiger partial charge on any atom is 0.416 e. The molecule has 0 saturated heterocycles. The summed E-state index contributed by atoms with van der Waals surface area (Å²) in [6.45, 7) is 3.69. The van der Waals surface area contributed by atoms with Crippen LogP contribution in [0.2, 0.25) is 0 Å². The average Bonchev–Trinajstić information content (AvgIpc) is 3.01. The first-order valence-electron chi connectivity index (χ1n) is 14.6. The van der Waals surface area contributed by atoms with E-state index in [1.54, 1.807) is 55.5 Å². The second-order valence-electron chi connectivity index (χ2n) is 10.6. The van der Waals surface area contributed by atoms with E-state index < -0.39 is 46.6 Å². The number of rotatable bonds is 11. The number of para-hydroxylation sites is 3. The SMILES string of the molecule is CCCCCCN(C(=O)c1cc(C(F)(F)F)cc(C(F)(F)F)c1)C(CC)c1nc2ccccc2c(=O)n1-c1ccccc1OC. The number of unbranched alkanes of at least 4 members (excludes halogenated alkanes) is 3. The third kappa shape index (κ3) is 7.32. The van der Waals surface area contributed by atoms with Crippen molar-refractivity contribution in [2.24, 2.45) is 0 Å². The Morgan fingerprint density at radius 3 is 2.11 bits per heavy atom. The third-order valence-corrected chi connectivity index (χ3v) is 7.54. The van der Waals surface area contributed by atoms with Crippen molar-refractivity contribution < 1.29 is 35.9 Å². The topological polar surface area (TPSA) is 64.4 Å². The van der Waals surface area contributed by atoms with Crippen LogP contribution in [0.4, 0.5) is 26.3 Å². The molecular weight excluding hydrogens is 600 g/mol. The zero-order valence-electron chi connectivity index (χ0n) is 25.0. The standard InChI is InChI=1S/C33H33F6N3O3/c1-4-6-7-12-17-41(30(43)21-18-22(32(34,35)36)20-23(19-21)33(37,38)39)26(5-2)29-40-25-14-9-8-13-24(25)31(44)42(29)27-15-10-11-16-28(27)45-3/h8-11,13-16,18-20,26H,4-7,12,17H2,1-3H3. The van der Waals surface area contributed by atoms with E-state index in [4.69, 9.17) is 9.72 Å². The number of fused-ring (bicyclic) bond motifs is 1. The van der Waals surface area contributed by atoms with Crippen LogP contribution in [0, 0.1) is 0 Å². The lowest BCUT2D eigenvalue weighted by molar-refractivity contribution is -0.143. The van der Waals surface area contributed by atoms with Crippen LogP contribution < -0.4 is 10.3 Å². The van der Waals surface area contributed by atoms with Gasteiger partial charge < -0.3 is 9.64 Å². The highest BCUT2D eigenvalue weighted by Gasteiger charge is 2.39. The predicted octanol–water partition coefficient (Wildman–Crippen LogP) is 8.61. The first-order valence-corrected chi connectivity index (χ1v) is 14.6. The molecule has 0 bridgehead atoms. The van der Waals surface area contributed by atoms with Gasteiger partial charge in [-0.2, -0.15) is 26.3 Å². The summed E-state index contributed by atoms with van der Waals surface area (Å²) >= 11 is 0. The van der Waals surface area contributed by atoms with Gasteiger partial charge in [0.05, 0.1) is 40.9 Å². The largest absolute Gasteiger partial charge is 0.495 e. The van der Waals surface area contributed by atoms with Gasteiger partial charge in [0.25, 0.3) is 11.5 Å². The Labute approximate surface area is 256 Å². The maximum absolute atomic E-state index is 14.1. The zero-order valence-corrected chi connectivity index (χ0v) is 25.0. The molecule has 0 aliphatic rings. The summed E-state index contributed by atoms with van der Waals surface area (Å²) in [7, 11) is 1.42. The summed E-state index contributed by atoms with van der Waals surface area (Å²) in [6, 6.07) is 13.1. The average molecular weight is 634 g/mol. The van der Waals surface area contributed by atoms with E-state index in [0.717, 1.165) is 12.8 Å². The highest BCUT2D eigenvalue weighted by atomic mass is 19.4.